The molecule has 0 fully saturated rings. The number of nitrogens with one attached hydrogen (secondary N) is 3. The summed E-state index contributed by atoms with van der Waals surface area (Å²) >= 11 is 0. The van der Waals surface area contributed by atoms with Crippen molar-refractivity contribution in [2.45, 2.75) is 0 Å². The molecule has 0 aliphatic carbocycles. The molecule has 0 aliphatic rings. The summed E-state index contributed by atoms with van der Waals surface area (Å²) in [5, 5.41) is 8.10. The second kappa shape index (κ2) is 8.34. The van der Waals surface area contributed by atoms with E-state index in [1.165, 1.54) is 0 Å². The third-order valence-corrected chi connectivity index (χ3v) is 3.80. The Bertz CT molecular complexity index is 806. The summed E-state index contributed by atoms with van der Waals surface area (Å²) in [4.78, 5) is 37.1. The molecule has 2 aromatic rings. The van der Waals surface area contributed by atoms with E-state index in [2.05, 4.69) is 16.0 Å². The van der Waals surface area contributed by atoms with Crippen molar-refractivity contribution in [1.82, 2.24) is 19.4 Å². The van der Waals surface area contributed by atoms with Gasteiger partial charge in [-0.3, -0.25) is 14.4 Å². The number of hydrogen-bond acceptors (Lipinski definition) is 4. The van der Waals surface area contributed by atoms with Crippen LogP contribution in [0.15, 0.2) is 24.5 Å². The first-order valence-corrected chi connectivity index (χ1v) is 8.09. The summed E-state index contributed by atoms with van der Waals surface area (Å²) in [6, 6.07) is 3.19. The summed E-state index contributed by atoms with van der Waals surface area (Å²) in [7, 11) is 7.31. The van der Waals surface area contributed by atoms with Crippen molar-refractivity contribution in [2.75, 3.05) is 37.8 Å². The fourth-order valence-electron chi connectivity index (χ4n) is 2.47. The molecule has 0 radical (unpaired) electrons. The smallest absolute Gasteiger partial charge is 0.272 e. The van der Waals surface area contributed by atoms with E-state index >= 15 is 0 Å². The molecule has 0 bridgehead atoms. The quantitative estimate of drug-likeness (QED) is 0.596. The minimum atomic E-state index is -0.336. The number of aromatic nitrogens is 2. The van der Waals surface area contributed by atoms with Crippen LogP contribution >= 0.6 is 0 Å². The zero-order valence-corrected chi connectivity index (χ0v) is 15.4. The van der Waals surface area contributed by atoms with E-state index in [-0.39, 0.29) is 11.8 Å². The highest BCUT2D eigenvalue weighted by Crippen LogP contribution is 2.17. The van der Waals surface area contributed by atoms with Gasteiger partial charge in [-0.25, -0.2) is 0 Å². The van der Waals surface area contributed by atoms with Gasteiger partial charge in [0.25, 0.3) is 11.8 Å². The predicted octanol–water partition coefficient (Wildman–Crippen LogP) is 0.476. The van der Waals surface area contributed by atoms with Gasteiger partial charge in [0.15, 0.2) is 0 Å². The van der Waals surface area contributed by atoms with Crippen molar-refractivity contribution >= 4 is 29.6 Å². The molecule has 0 aromatic carbocycles. The lowest BCUT2D eigenvalue weighted by Crippen LogP contribution is -2.32. The van der Waals surface area contributed by atoms with E-state index in [1.807, 2.05) is 19.0 Å². The number of likely N-dealkylation sites (N-methyl/N-ethyl adjacent to an activating group) is 1. The van der Waals surface area contributed by atoms with Gasteiger partial charge in [-0.2, -0.15) is 0 Å². The summed E-state index contributed by atoms with van der Waals surface area (Å²) in [5.74, 6) is -0.539. The highest BCUT2D eigenvalue weighted by molar-refractivity contribution is 6.05. The summed E-state index contributed by atoms with van der Waals surface area (Å²) in [6.07, 6.45) is 3.86. The molecule has 140 valence electrons. The van der Waals surface area contributed by atoms with Gasteiger partial charge in [-0.15, -0.1) is 0 Å². The van der Waals surface area contributed by atoms with Gasteiger partial charge in [-0.05, 0) is 26.2 Å². The highest BCUT2D eigenvalue weighted by atomic mass is 16.2. The maximum Gasteiger partial charge on any atom is 0.272 e. The first-order chi connectivity index (χ1) is 12.3. The SMILES string of the molecule is CN(C)CCNC(=O)c1cc(NC(=O)c2cc(NC=O)cn2C)cn1C. The van der Waals surface area contributed by atoms with Crippen molar-refractivity contribution in [2.24, 2.45) is 14.1 Å². The fraction of sp³-hybridized carbons (Fsp3) is 0.353. The highest BCUT2D eigenvalue weighted by Gasteiger charge is 2.16. The average molecular weight is 360 g/mol. The Morgan fingerprint density at radius 1 is 1.04 bits per heavy atom. The van der Waals surface area contributed by atoms with Gasteiger partial charge in [0.05, 0.1) is 11.4 Å². The lowest BCUT2D eigenvalue weighted by atomic mass is 10.3. The second-order valence-electron chi connectivity index (χ2n) is 6.23. The van der Waals surface area contributed by atoms with Gasteiger partial charge in [0.2, 0.25) is 6.41 Å². The maximum atomic E-state index is 12.4. The standard InChI is InChI=1S/C17H24N6O3/c1-21(2)6-5-18-16(25)14-8-13(10-23(14)4)20-17(26)15-7-12(19-11-24)9-22(15)3/h7-11H,5-6H2,1-4H3,(H,18,25)(H,19,24)(H,20,26). The number of nitrogens with zero attached hydrogens (tertiary/aromatic N) is 3. The number of carbonyl (C=O) groups excluding carboxylic acids is 3. The summed E-state index contributed by atoms with van der Waals surface area (Å²) in [6.45, 7) is 1.28. The number of amides is 3. The molecular formula is C17H24N6O3. The van der Waals surface area contributed by atoms with Crippen LogP contribution in [0.25, 0.3) is 0 Å². The molecule has 26 heavy (non-hydrogen) atoms. The van der Waals surface area contributed by atoms with Crippen molar-refractivity contribution in [1.29, 1.82) is 0 Å². The molecule has 0 atom stereocenters. The van der Waals surface area contributed by atoms with E-state index in [0.29, 0.717) is 35.7 Å². The van der Waals surface area contributed by atoms with Gasteiger partial charge >= 0.3 is 0 Å². The normalized spacial score (nSPS) is 10.7. The molecule has 2 rings (SSSR count). The Kier molecular flexibility index (Phi) is 6.18. The summed E-state index contributed by atoms with van der Waals surface area (Å²) < 4.78 is 3.27. The van der Waals surface area contributed by atoms with Crippen LogP contribution in [0.5, 0.6) is 0 Å². The van der Waals surface area contributed by atoms with Crippen LogP contribution < -0.4 is 16.0 Å². The number of carbonyl (C=O) groups is 3. The van der Waals surface area contributed by atoms with Crippen LogP contribution in [0.1, 0.15) is 21.0 Å². The molecule has 0 saturated carbocycles. The molecule has 0 spiro atoms. The second-order valence-corrected chi connectivity index (χ2v) is 6.23. The Hall–Kier alpha value is -3.07. The van der Waals surface area contributed by atoms with Crippen molar-refractivity contribution in [3.05, 3.63) is 35.9 Å². The molecular weight excluding hydrogens is 336 g/mol. The lowest BCUT2D eigenvalue weighted by molar-refractivity contribution is -0.105. The van der Waals surface area contributed by atoms with Gasteiger partial charge in [0.1, 0.15) is 11.4 Å². The minimum Gasteiger partial charge on any atom is -0.349 e. The summed E-state index contributed by atoms with van der Waals surface area (Å²) in [5.41, 5.74) is 1.88. The van der Waals surface area contributed by atoms with Crippen LogP contribution in [0.4, 0.5) is 11.4 Å². The van der Waals surface area contributed by atoms with Crippen LogP contribution in [0.2, 0.25) is 0 Å². The first kappa shape index (κ1) is 19.3. The molecule has 3 N–H and O–H groups in total. The van der Waals surface area contributed by atoms with E-state index in [4.69, 9.17) is 0 Å². The van der Waals surface area contributed by atoms with Crippen molar-refractivity contribution in [3.8, 4) is 0 Å². The van der Waals surface area contributed by atoms with Gasteiger partial charge < -0.3 is 30.0 Å². The van der Waals surface area contributed by atoms with Crippen LogP contribution in [-0.2, 0) is 18.9 Å². The van der Waals surface area contributed by atoms with Gasteiger partial charge in [-0.1, -0.05) is 0 Å². The fourth-order valence-corrected chi connectivity index (χ4v) is 2.47. The third-order valence-electron chi connectivity index (χ3n) is 3.80. The molecule has 9 heteroatoms. The minimum absolute atomic E-state index is 0.203. The molecule has 2 heterocycles. The topological polar surface area (TPSA) is 100 Å². The number of aryl methyl sites for hydroxylation is 2. The van der Waals surface area contributed by atoms with Gasteiger partial charge in [0, 0.05) is 39.6 Å². The zero-order valence-electron chi connectivity index (χ0n) is 15.4. The first-order valence-electron chi connectivity index (χ1n) is 8.09. The largest absolute Gasteiger partial charge is 0.349 e. The van der Waals surface area contributed by atoms with Crippen LogP contribution in [-0.4, -0.2) is 59.4 Å². The molecule has 0 saturated heterocycles. The zero-order chi connectivity index (χ0) is 19.3. The van der Waals surface area contributed by atoms with Crippen molar-refractivity contribution < 1.29 is 14.4 Å². The van der Waals surface area contributed by atoms with Crippen LogP contribution in [0, 0.1) is 0 Å². The van der Waals surface area contributed by atoms with Crippen molar-refractivity contribution in [3.63, 3.8) is 0 Å². The maximum absolute atomic E-state index is 12.4. The Labute approximate surface area is 152 Å². The molecule has 3 amide bonds. The Morgan fingerprint density at radius 2 is 1.62 bits per heavy atom. The Morgan fingerprint density at radius 3 is 2.23 bits per heavy atom. The van der Waals surface area contributed by atoms with E-state index in [1.54, 1.807) is 47.8 Å². The third kappa shape index (κ3) is 4.73. The lowest BCUT2D eigenvalue weighted by Gasteiger charge is -2.10. The monoisotopic (exact) mass is 360 g/mol. The molecule has 2 aromatic heterocycles. The number of anilines is 2. The molecule has 0 unspecified atom stereocenters. The number of rotatable bonds is 8. The molecule has 0 aliphatic heterocycles. The van der Waals surface area contributed by atoms with Crippen LogP contribution in [0.3, 0.4) is 0 Å². The molecule has 9 nitrogen and oxygen atoms in total. The number of hydrogen-bond donors (Lipinski definition) is 3. The van der Waals surface area contributed by atoms with E-state index in [9.17, 15) is 14.4 Å². The Balaban J connectivity index is 2.05. The average Bonchev–Trinajstić information content (AvgIpc) is 3.10. The predicted molar refractivity (Wildman–Crippen MR) is 99.4 cm³/mol. The van der Waals surface area contributed by atoms with E-state index in [0.717, 1.165) is 6.54 Å². The van der Waals surface area contributed by atoms with E-state index < -0.39 is 0 Å².